The van der Waals surface area contributed by atoms with Crippen LogP contribution in [0.2, 0.25) is 0 Å². The fourth-order valence-corrected chi connectivity index (χ4v) is 2.33. The maximum Gasteiger partial charge on any atom is 0.295 e. The summed E-state index contributed by atoms with van der Waals surface area (Å²) in [6.07, 6.45) is 0.0347. The third kappa shape index (κ3) is 1.47. The number of nitrogens with one attached hydrogen (secondary N) is 1. The van der Waals surface area contributed by atoms with Crippen LogP contribution >= 0.6 is 0 Å². The van der Waals surface area contributed by atoms with E-state index in [-0.39, 0.29) is 6.42 Å². The van der Waals surface area contributed by atoms with Gasteiger partial charge in [-0.2, -0.15) is 8.42 Å². The fourth-order valence-electron chi connectivity index (χ4n) is 1.38. The van der Waals surface area contributed by atoms with Crippen molar-refractivity contribution in [2.45, 2.75) is 18.3 Å². The lowest BCUT2D eigenvalue weighted by atomic mass is 9.98. The van der Waals surface area contributed by atoms with Crippen molar-refractivity contribution < 1.29 is 18.1 Å². The van der Waals surface area contributed by atoms with Gasteiger partial charge in [-0.1, -0.05) is 6.92 Å². The van der Waals surface area contributed by atoms with Crippen LogP contribution in [-0.4, -0.2) is 36.1 Å². The topological polar surface area (TPSA) is 86.6 Å². The van der Waals surface area contributed by atoms with Gasteiger partial charge in [-0.3, -0.25) is 4.55 Å². The Kier molecular flexibility index (Phi) is 2.44. The van der Waals surface area contributed by atoms with Gasteiger partial charge in [0.1, 0.15) is 0 Å². The minimum Gasteiger partial charge on any atom is -0.372 e. The molecule has 0 spiro atoms. The summed E-state index contributed by atoms with van der Waals surface area (Å²) in [5.41, 5.74) is 0. The van der Waals surface area contributed by atoms with E-state index in [1.54, 1.807) is 6.92 Å². The zero-order valence-corrected chi connectivity index (χ0v) is 7.63. The zero-order valence-electron chi connectivity index (χ0n) is 6.82. The molecule has 1 aliphatic rings. The molecular formula is C6H13NO4S. The van der Waals surface area contributed by atoms with Crippen molar-refractivity contribution >= 4 is 10.1 Å². The van der Waals surface area contributed by atoms with E-state index in [9.17, 15) is 13.5 Å². The Morgan fingerprint density at radius 2 is 2.17 bits per heavy atom. The molecule has 12 heavy (non-hydrogen) atoms. The molecule has 1 rings (SSSR count). The molecule has 1 fully saturated rings. The second-order valence-electron chi connectivity index (χ2n) is 3.18. The fraction of sp³-hybridized carbons (Fsp3) is 1.00. The van der Waals surface area contributed by atoms with Crippen molar-refractivity contribution in [3.63, 3.8) is 0 Å². The molecule has 6 heteroatoms. The quantitative estimate of drug-likeness (QED) is 0.476. The molecule has 0 aromatic rings. The molecule has 1 saturated heterocycles. The van der Waals surface area contributed by atoms with Gasteiger partial charge in [0.15, 0.2) is 4.93 Å². The summed E-state index contributed by atoms with van der Waals surface area (Å²) in [4.78, 5) is -1.96. The molecule has 2 atom stereocenters. The molecule has 72 valence electrons. The summed E-state index contributed by atoms with van der Waals surface area (Å²) < 4.78 is 30.4. The van der Waals surface area contributed by atoms with Crippen LogP contribution in [0.25, 0.3) is 0 Å². The molecule has 1 heterocycles. The van der Waals surface area contributed by atoms with E-state index >= 15 is 0 Å². The van der Waals surface area contributed by atoms with Gasteiger partial charge in [0.05, 0.1) is 0 Å². The van der Waals surface area contributed by atoms with Gasteiger partial charge in [0, 0.05) is 18.9 Å². The van der Waals surface area contributed by atoms with E-state index in [1.807, 2.05) is 0 Å². The molecule has 0 saturated carbocycles. The van der Waals surface area contributed by atoms with E-state index in [4.69, 9.17) is 4.55 Å². The van der Waals surface area contributed by atoms with Gasteiger partial charge >= 0.3 is 0 Å². The molecule has 0 aromatic heterocycles. The van der Waals surface area contributed by atoms with Crippen LogP contribution in [0.4, 0.5) is 0 Å². The second kappa shape index (κ2) is 2.95. The summed E-state index contributed by atoms with van der Waals surface area (Å²) in [7, 11) is -4.36. The van der Waals surface area contributed by atoms with Crippen molar-refractivity contribution in [3.8, 4) is 0 Å². The second-order valence-corrected chi connectivity index (χ2v) is 4.83. The molecule has 3 N–H and O–H groups in total. The van der Waals surface area contributed by atoms with Crippen LogP contribution in [0.1, 0.15) is 13.3 Å². The molecule has 5 nitrogen and oxygen atoms in total. The Balaban J connectivity index is 2.95. The summed E-state index contributed by atoms with van der Waals surface area (Å²) in [6, 6.07) is 0. The predicted molar refractivity (Wildman–Crippen MR) is 43.1 cm³/mol. The van der Waals surface area contributed by atoms with E-state index in [0.717, 1.165) is 0 Å². The maximum absolute atomic E-state index is 10.8. The van der Waals surface area contributed by atoms with Crippen molar-refractivity contribution in [2.24, 2.45) is 5.92 Å². The van der Waals surface area contributed by atoms with Crippen LogP contribution < -0.4 is 5.32 Å². The summed E-state index contributed by atoms with van der Waals surface area (Å²) >= 11 is 0. The van der Waals surface area contributed by atoms with Crippen LogP contribution in [0.15, 0.2) is 0 Å². The average Bonchev–Trinajstić information content (AvgIpc) is 1.93. The summed E-state index contributed by atoms with van der Waals surface area (Å²) in [5, 5.41) is 12.5. The highest BCUT2D eigenvalue weighted by Crippen LogP contribution is 2.28. The third-order valence-corrected chi connectivity index (χ3v) is 3.83. The SMILES string of the molecule is CC1CNCCC1(O)S(=O)(=O)O. The van der Waals surface area contributed by atoms with Crippen LogP contribution in [0, 0.1) is 5.92 Å². The Morgan fingerprint density at radius 3 is 2.50 bits per heavy atom. The Labute approximate surface area is 71.5 Å². The van der Waals surface area contributed by atoms with Gasteiger partial charge in [0.25, 0.3) is 10.1 Å². The third-order valence-electron chi connectivity index (χ3n) is 2.33. The van der Waals surface area contributed by atoms with Crippen LogP contribution in [0.5, 0.6) is 0 Å². The minimum atomic E-state index is -4.36. The van der Waals surface area contributed by atoms with E-state index in [2.05, 4.69) is 5.32 Å². The Hall–Kier alpha value is -0.170. The normalized spacial score (nSPS) is 38.1. The first-order chi connectivity index (χ1) is 5.38. The van der Waals surface area contributed by atoms with Gasteiger partial charge in [-0.05, 0) is 6.54 Å². The van der Waals surface area contributed by atoms with Crippen LogP contribution in [0.3, 0.4) is 0 Å². The number of hydrogen-bond donors (Lipinski definition) is 3. The number of hydrogen-bond acceptors (Lipinski definition) is 4. The summed E-state index contributed by atoms with van der Waals surface area (Å²) in [5.74, 6) is -0.485. The molecule has 0 aromatic carbocycles. The first kappa shape index (κ1) is 9.91. The number of piperidine rings is 1. The molecule has 0 radical (unpaired) electrons. The number of aliphatic hydroxyl groups is 1. The van der Waals surface area contributed by atoms with E-state index in [0.29, 0.717) is 13.1 Å². The molecule has 0 amide bonds. The van der Waals surface area contributed by atoms with Gasteiger partial charge < -0.3 is 10.4 Å². The average molecular weight is 195 g/mol. The Morgan fingerprint density at radius 1 is 1.58 bits per heavy atom. The molecule has 2 unspecified atom stereocenters. The minimum absolute atomic E-state index is 0.0347. The first-order valence-corrected chi connectivity index (χ1v) is 5.22. The van der Waals surface area contributed by atoms with Crippen molar-refractivity contribution in [3.05, 3.63) is 0 Å². The highest BCUT2D eigenvalue weighted by atomic mass is 32.2. The lowest BCUT2D eigenvalue weighted by Gasteiger charge is -2.35. The lowest BCUT2D eigenvalue weighted by molar-refractivity contribution is 0.0349. The predicted octanol–water partition coefficient (Wildman–Crippen LogP) is -0.808. The summed E-state index contributed by atoms with van der Waals surface area (Å²) in [6.45, 7) is 2.39. The zero-order chi connectivity index (χ0) is 9.41. The highest BCUT2D eigenvalue weighted by Gasteiger charge is 2.47. The number of rotatable bonds is 1. The van der Waals surface area contributed by atoms with Crippen molar-refractivity contribution in [1.82, 2.24) is 5.32 Å². The molecular weight excluding hydrogens is 182 g/mol. The van der Waals surface area contributed by atoms with Crippen molar-refractivity contribution in [2.75, 3.05) is 13.1 Å². The molecule has 0 bridgehead atoms. The monoisotopic (exact) mass is 195 g/mol. The van der Waals surface area contributed by atoms with Gasteiger partial charge in [0.2, 0.25) is 0 Å². The maximum atomic E-state index is 10.8. The first-order valence-electron chi connectivity index (χ1n) is 3.78. The molecule has 1 aliphatic heterocycles. The Bertz CT molecular complexity index is 263. The molecule has 0 aliphatic carbocycles. The van der Waals surface area contributed by atoms with Crippen LogP contribution in [-0.2, 0) is 10.1 Å². The standard InChI is InChI=1S/C6H13NO4S/c1-5-4-7-3-2-6(5,8)12(9,10)11/h5,7-8H,2-4H2,1H3,(H,9,10,11). The largest absolute Gasteiger partial charge is 0.372 e. The smallest absolute Gasteiger partial charge is 0.295 e. The van der Waals surface area contributed by atoms with Crippen molar-refractivity contribution in [1.29, 1.82) is 0 Å². The highest BCUT2D eigenvalue weighted by molar-refractivity contribution is 7.87. The van der Waals surface area contributed by atoms with E-state index < -0.39 is 21.0 Å². The van der Waals surface area contributed by atoms with Gasteiger partial charge in [-0.15, -0.1) is 0 Å². The van der Waals surface area contributed by atoms with E-state index in [1.165, 1.54) is 0 Å². The van der Waals surface area contributed by atoms with Gasteiger partial charge in [-0.25, -0.2) is 0 Å². The lowest BCUT2D eigenvalue weighted by Crippen LogP contribution is -2.53.